The number of carbonyl (C=O) groups excluding carboxylic acids is 3. The second-order valence-electron chi connectivity index (χ2n) is 21.7. The van der Waals surface area contributed by atoms with Gasteiger partial charge in [-0.3, -0.25) is 19.2 Å². The first-order valence-electron chi connectivity index (χ1n) is 27.9. The van der Waals surface area contributed by atoms with Crippen LogP contribution < -0.4 is 55.5 Å². The fraction of sp³-hybridized carbons (Fsp3) is 0.459. The van der Waals surface area contributed by atoms with Gasteiger partial charge in [-0.25, -0.2) is 4.79 Å². The van der Waals surface area contributed by atoms with E-state index in [1.165, 1.54) is 17.7 Å². The Hall–Kier alpha value is -7.81. The second-order valence-corrected chi connectivity index (χ2v) is 21.7. The van der Waals surface area contributed by atoms with Gasteiger partial charge in [-0.2, -0.15) is 0 Å². The largest absolute Gasteiger partial charge is 0.497 e. The summed E-state index contributed by atoms with van der Waals surface area (Å²) >= 11 is 0. The first kappa shape index (κ1) is 57.9. The maximum Gasteiger partial charge on any atom is 0.410 e. The minimum absolute atomic E-state index is 0.00560. The topological polar surface area (TPSA) is 206 Å². The Morgan fingerprint density at radius 3 is 1.51 bits per heavy atom. The van der Waals surface area contributed by atoms with E-state index in [4.69, 9.17) is 33.2 Å². The number of amides is 3. The van der Waals surface area contributed by atoms with Crippen LogP contribution in [0.3, 0.4) is 0 Å². The van der Waals surface area contributed by atoms with E-state index in [9.17, 15) is 24.0 Å². The van der Waals surface area contributed by atoms with E-state index >= 15 is 0 Å². The lowest BCUT2D eigenvalue weighted by Gasteiger charge is -2.39. The van der Waals surface area contributed by atoms with Crippen LogP contribution in [0, 0.1) is 0 Å². The van der Waals surface area contributed by atoms with Crippen LogP contribution in [0.15, 0.2) is 94.5 Å². The molecule has 0 unspecified atom stereocenters. The van der Waals surface area contributed by atoms with E-state index in [0.29, 0.717) is 109 Å². The molecule has 0 radical (unpaired) electrons. The predicted molar refractivity (Wildman–Crippen MR) is 309 cm³/mol. The molecular weight excluding hydrogens is 1040 g/mol. The summed E-state index contributed by atoms with van der Waals surface area (Å²) in [5.41, 5.74) is 3.61. The van der Waals surface area contributed by atoms with Gasteiger partial charge in [0.05, 0.1) is 36.4 Å². The first-order valence-corrected chi connectivity index (χ1v) is 27.9. The van der Waals surface area contributed by atoms with Gasteiger partial charge in [0.1, 0.15) is 43.5 Å². The van der Waals surface area contributed by atoms with Crippen LogP contribution in [0.25, 0.3) is 21.8 Å². The van der Waals surface area contributed by atoms with Crippen molar-refractivity contribution in [2.24, 2.45) is 0 Å². The zero-order valence-corrected chi connectivity index (χ0v) is 47.6. The molecule has 432 valence electrons. The van der Waals surface area contributed by atoms with Crippen LogP contribution in [0.4, 0.5) is 4.79 Å². The average molecular weight is 1110 g/mol. The molecular formula is C61H76N8O12. The summed E-state index contributed by atoms with van der Waals surface area (Å²) in [4.78, 5) is 70.7. The third-order valence-electron chi connectivity index (χ3n) is 15.2. The van der Waals surface area contributed by atoms with Crippen molar-refractivity contribution in [2.75, 3.05) is 94.0 Å². The zero-order valence-electron chi connectivity index (χ0n) is 47.6. The van der Waals surface area contributed by atoms with E-state index in [0.717, 1.165) is 87.4 Å². The number of likely N-dealkylation sites (tertiary alicyclic amines) is 2. The van der Waals surface area contributed by atoms with Crippen LogP contribution in [-0.2, 0) is 30.9 Å². The van der Waals surface area contributed by atoms with Crippen molar-refractivity contribution in [2.45, 2.75) is 90.3 Å². The van der Waals surface area contributed by atoms with E-state index in [1.807, 2.05) is 56.0 Å². The Bertz CT molecular complexity index is 3340. The maximum absolute atomic E-state index is 13.4. The number of fused-ring (bicyclic) bond motifs is 4. The monoisotopic (exact) mass is 1110 g/mol. The van der Waals surface area contributed by atoms with Gasteiger partial charge in [-0.1, -0.05) is 12.1 Å². The molecule has 3 amide bonds. The van der Waals surface area contributed by atoms with E-state index in [1.54, 1.807) is 67.8 Å². The van der Waals surface area contributed by atoms with Gasteiger partial charge in [-0.05, 0) is 119 Å². The lowest BCUT2D eigenvalue weighted by molar-refractivity contribution is 0.00560. The van der Waals surface area contributed by atoms with Gasteiger partial charge in [0.25, 0.3) is 22.9 Å². The van der Waals surface area contributed by atoms with E-state index in [-0.39, 0.29) is 35.1 Å². The number of nitrogens with zero attached hydrogens (tertiary/aromatic N) is 5. The Balaban J connectivity index is 0.000000198. The van der Waals surface area contributed by atoms with Gasteiger partial charge < -0.3 is 72.9 Å². The quantitative estimate of drug-likeness (QED) is 0.0955. The summed E-state index contributed by atoms with van der Waals surface area (Å²) < 4.78 is 42.8. The van der Waals surface area contributed by atoms with Crippen LogP contribution >= 0.6 is 0 Å². The fourth-order valence-electron chi connectivity index (χ4n) is 10.9. The van der Waals surface area contributed by atoms with Gasteiger partial charge in [-0.15, -0.1) is 0 Å². The van der Waals surface area contributed by atoms with Crippen LogP contribution in [0.1, 0.15) is 78.3 Å². The molecule has 20 nitrogen and oxygen atoms in total. The number of methoxy groups -OCH3 is 2. The predicted octanol–water partition coefficient (Wildman–Crippen LogP) is 6.44. The van der Waals surface area contributed by atoms with Gasteiger partial charge in [0.2, 0.25) is 0 Å². The molecule has 2 fully saturated rings. The number of ether oxygens (including phenoxy) is 7. The van der Waals surface area contributed by atoms with Gasteiger partial charge in [0, 0.05) is 114 Å². The summed E-state index contributed by atoms with van der Waals surface area (Å²) in [7, 11) is 6.27. The van der Waals surface area contributed by atoms with Crippen molar-refractivity contribution in [3.05, 3.63) is 128 Å². The molecule has 2 saturated heterocycles. The number of aromatic nitrogens is 2. The molecule has 6 aromatic rings. The average Bonchev–Trinajstić information content (AvgIpc) is 3.52. The third-order valence-corrected chi connectivity index (χ3v) is 15.2. The Labute approximate surface area is 472 Å². The molecule has 0 bridgehead atoms. The summed E-state index contributed by atoms with van der Waals surface area (Å²) in [6, 6.07) is 25.8. The number of carbonyl (C=O) groups is 3. The third kappa shape index (κ3) is 14.2. The lowest BCUT2D eigenvalue weighted by atomic mass is 10.0. The maximum atomic E-state index is 13.4. The molecule has 0 atom stereocenters. The molecule has 6 heterocycles. The van der Waals surface area contributed by atoms with Gasteiger partial charge >= 0.3 is 6.09 Å². The van der Waals surface area contributed by atoms with Crippen molar-refractivity contribution in [3.63, 3.8) is 0 Å². The van der Waals surface area contributed by atoms with Crippen molar-refractivity contribution >= 4 is 39.7 Å². The van der Waals surface area contributed by atoms with E-state index < -0.39 is 5.60 Å². The number of hydrogen-bond acceptors (Lipinski definition) is 15. The molecule has 4 aliphatic heterocycles. The molecule has 20 heteroatoms. The summed E-state index contributed by atoms with van der Waals surface area (Å²) in [5, 5.41) is 10.4. The van der Waals surface area contributed by atoms with Crippen LogP contribution in [0.2, 0.25) is 0 Å². The molecule has 2 aromatic heterocycles. The first-order chi connectivity index (χ1) is 39.1. The van der Waals surface area contributed by atoms with Crippen molar-refractivity contribution in [3.8, 4) is 34.5 Å². The number of pyridine rings is 2. The Morgan fingerprint density at radius 2 is 1.04 bits per heavy atom. The smallest absolute Gasteiger partial charge is 0.410 e. The zero-order chi connectivity index (χ0) is 57.2. The molecule has 3 N–H and O–H groups in total. The minimum Gasteiger partial charge on any atom is -0.497 e. The Kier molecular flexibility index (Phi) is 18.7. The number of benzene rings is 4. The molecule has 0 spiro atoms. The van der Waals surface area contributed by atoms with E-state index in [2.05, 4.69) is 37.9 Å². The van der Waals surface area contributed by atoms with Crippen molar-refractivity contribution < 1.29 is 47.5 Å². The molecule has 0 aliphatic carbocycles. The van der Waals surface area contributed by atoms with Crippen LogP contribution in [-0.4, -0.2) is 153 Å². The molecule has 0 saturated carbocycles. The SMILES string of the molecule is CNC(=O)c1cc(OC)cc2c1ccc(=O)n2CCN1CCC(N(Cc2ccc3c(c2)OCCO3)C(=O)OC(C)(C)C)CC1.CNC(=O)c1cc(OC)cc2c1ccc(=O)n2CCN1CCC(NCc2ccc3c(c2)OCCO3)CC1. The van der Waals surface area contributed by atoms with Crippen LogP contribution in [0.5, 0.6) is 34.5 Å². The number of rotatable bonds is 16. The minimum atomic E-state index is -0.616. The van der Waals surface area contributed by atoms with Crippen molar-refractivity contribution in [1.82, 2.24) is 39.8 Å². The summed E-state index contributed by atoms with van der Waals surface area (Å²) in [5.74, 6) is 3.65. The standard InChI is InChI=1S/C33H42N4O7.C28H34N4O5/c1-33(2,3)44-32(40)37(21-22-6-8-28-29(18-22)43-17-16-42-28)23-10-12-35(13-11-23)14-15-36-27-20-24(41-5)19-26(31(39)34-4)25(27)7-9-30(36)38;1-29-28(34)23-16-21(35-2)17-24-22(23)4-6-27(33)32(24)12-11-31-9-7-20(8-10-31)30-18-19-3-5-25-26(15-19)37-14-13-36-25/h6-9,18-20,23H,10-17,21H2,1-5H3,(H,34,39);3-6,15-17,20,30H,7-14,18H2,1-2H3,(H,29,34). The fourth-order valence-corrected chi connectivity index (χ4v) is 10.9. The Morgan fingerprint density at radius 1 is 0.580 bits per heavy atom. The van der Waals surface area contributed by atoms with Crippen molar-refractivity contribution in [1.29, 1.82) is 0 Å². The molecule has 4 aromatic carbocycles. The number of piperidine rings is 2. The molecule has 4 aliphatic rings. The van der Waals surface area contributed by atoms with Gasteiger partial charge in [0.15, 0.2) is 23.0 Å². The highest BCUT2D eigenvalue weighted by Crippen LogP contribution is 2.34. The highest BCUT2D eigenvalue weighted by atomic mass is 16.6. The lowest BCUT2D eigenvalue weighted by Crippen LogP contribution is -2.49. The summed E-state index contributed by atoms with van der Waals surface area (Å²) in [6.45, 7) is 14.9. The molecule has 10 rings (SSSR count). The normalized spacial score (nSPS) is 15.8. The molecule has 81 heavy (non-hydrogen) atoms. The number of nitrogens with one attached hydrogen (secondary N) is 3. The summed E-state index contributed by atoms with van der Waals surface area (Å²) in [6.07, 6.45) is 3.29. The number of hydrogen-bond donors (Lipinski definition) is 3. The highest BCUT2D eigenvalue weighted by molar-refractivity contribution is 6.07. The highest BCUT2D eigenvalue weighted by Gasteiger charge is 2.32. The second kappa shape index (κ2) is 26.2.